The summed E-state index contributed by atoms with van der Waals surface area (Å²) in [5.74, 6) is -1.54. The van der Waals surface area contributed by atoms with E-state index in [0.29, 0.717) is 0 Å². The van der Waals surface area contributed by atoms with Gasteiger partial charge in [-0.1, -0.05) is 20.8 Å². The second-order valence-electron chi connectivity index (χ2n) is 6.40. The van der Waals surface area contributed by atoms with E-state index in [0.717, 1.165) is 19.4 Å². The van der Waals surface area contributed by atoms with E-state index < -0.39 is 17.3 Å². The molecule has 0 aliphatic carbocycles. The number of rotatable bonds is 5. The molecule has 1 N–H and O–H groups in total. The third kappa shape index (κ3) is 4.47. The molecule has 0 radical (unpaired) electrons. The summed E-state index contributed by atoms with van der Waals surface area (Å²) in [6, 6.07) is -0.0933. The summed E-state index contributed by atoms with van der Waals surface area (Å²) in [5.41, 5.74) is -0.480. The first-order valence-electron chi connectivity index (χ1n) is 7.36. The number of hydrogen-bond acceptors (Lipinski definition) is 4. The highest BCUT2D eigenvalue weighted by Gasteiger charge is 2.40. The van der Waals surface area contributed by atoms with Gasteiger partial charge in [-0.15, -0.1) is 0 Å². The molecule has 1 heterocycles. The van der Waals surface area contributed by atoms with E-state index >= 15 is 0 Å². The molecule has 0 saturated carbocycles. The SMILES string of the molecule is CCOC(=O)C(C(=O)NC(C)C1CCCO1)C(C)(C)C. The van der Waals surface area contributed by atoms with Crippen molar-refractivity contribution in [2.75, 3.05) is 13.2 Å². The summed E-state index contributed by atoms with van der Waals surface area (Å²) in [7, 11) is 0. The van der Waals surface area contributed by atoms with Crippen LogP contribution >= 0.6 is 0 Å². The maximum Gasteiger partial charge on any atom is 0.319 e. The van der Waals surface area contributed by atoms with Gasteiger partial charge in [0, 0.05) is 6.61 Å². The Bertz CT molecular complexity index is 342. The number of ether oxygens (including phenoxy) is 2. The molecule has 116 valence electrons. The van der Waals surface area contributed by atoms with Gasteiger partial charge in [0.25, 0.3) is 0 Å². The second kappa shape index (κ2) is 7.07. The van der Waals surface area contributed by atoms with Crippen LogP contribution in [0.3, 0.4) is 0 Å². The fraction of sp³-hybridized carbons (Fsp3) is 0.867. The fourth-order valence-corrected chi connectivity index (χ4v) is 2.48. The molecule has 20 heavy (non-hydrogen) atoms. The minimum Gasteiger partial charge on any atom is -0.465 e. The van der Waals surface area contributed by atoms with Crippen LogP contribution in [0.1, 0.15) is 47.5 Å². The molecule has 0 aromatic rings. The van der Waals surface area contributed by atoms with Crippen LogP contribution in [0.15, 0.2) is 0 Å². The van der Waals surface area contributed by atoms with Crippen molar-refractivity contribution in [1.29, 1.82) is 0 Å². The van der Waals surface area contributed by atoms with E-state index in [1.807, 2.05) is 27.7 Å². The van der Waals surface area contributed by atoms with Crippen LogP contribution in [0.2, 0.25) is 0 Å². The molecule has 3 atom stereocenters. The molecular weight excluding hydrogens is 258 g/mol. The van der Waals surface area contributed by atoms with E-state index in [-0.39, 0.29) is 24.7 Å². The lowest BCUT2D eigenvalue weighted by Crippen LogP contribution is -2.49. The van der Waals surface area contributed by atoms with Gasteiger partial charge in [-0.25, -0.2) is 0 Å². The Balaban J connectivity index is 2.70. The van der Waals surface area contributed by atoms with Crippen molar-refractivity contribution in [2.45, 2.75) is 59.6 Å². The Hall–Kier alpha value is -1.10. The lowest BCUT2D eigenvalue weighted by molar-refractivity contribution is -0.157. The lowest BCUT2D eigenvalue weighted by Gasteiger charge is -2.30. The molecule has 5 nitrogen and oxygen atoms in total. The maximum atomic E-state index is 12.4. The minimum atomic E-state index is -0.800. The zero-order valence-electron chi connectivity index (χ0n) is 13.2. The second-order valence-corrected chi connectivity index (χ2v) is 6.40. The molecule has 0 spiro atoms. The van der Waals surface area contributed by atoms with Crippen LogP contribution in [-0.4, -0.2) is 37.2 Å². The summed E-state index contributed by atoms with van der Waals surface area (Å²) in [6.45, 7) is 10.3. The quantitative estimate of drug-likeness (QED) is 0.619. The third-order valence-electron chi connectivity index (χ3n) is 3.54. The van der Waals surface area contributed by atoms with Gasteiger partial charge in [0.2, 0.25) is 5.91 Å². The first-order chi connectivity index (χ1) is 9.27. The number of carbonyl (C=O) groups excluding carboxylic acids is 2. The Morgan fingerprint density at radius 3 is 2.50 bits per heavy atom. The molecule has 1 fully saturated rings. The maximum absolute atomic E-state index is 12.4. The van der Waals surface area contributed by atoms with Crippen molar-refractivity contribution >= 4 is 11.9 Å². The van der Waals surface area contributed by atoms with Crippen LogP contribution in [0, 0.1) is 11.3 Å². The zero-order chi connectivity index (χ0) is 15.3. The van der Waals surface area contributed by atoms with Crippen LogP contribution in [0.25, 0.3) is 0 Å². The molecule has 0 aromatic heterocycles. The van der Waals surface area contributed by atoms with Crippen LogP contribution < -0.4 is 5.32 Å². The van der Waals surface area contributed by atoms with Gasteiger partial charge in [0.15, 0.2) is 0 Å². The number of nitrogens with one attached hydrogen (secondary N) is 1. The summed E-state index contributed by atoms with van der Waals surface area (Å²) >= 11 is 0. The Labute approximate surface area is 121 Å². The first kappa shape index (κ1) is 17.0. The van der Waals surface area contributed by atoms with Gasteiger partial charge in [-0.05, 0) is 32.1 Å². The predicted octanol–water partition coefficient (Wildman–Crippen LogP) is 1.90. The molecule has 1 aliphatic heterocycles. The van der Waals surface area contributed by atoms with E-state index in [1.165, 1.54) is 0 Å². The summed E-state index contributed by atoms with van der Waals surface area (Å²) in [6.07, 6.45) is 2.01. The Kier molecular flexibility index (Phi) is 5.99. The van der Waals surface area contributed by atoms with Crippen LogP contribution in [0.5, 0.6) is 0 Å². The molecule has 1 saturated heterocycles. The lowest BCUT2D eigenvalue weighted by atomic mass is 9.80. The topological polar surface area (TPSA) is 64.6 Å². The summed E-state index contributed by atoms with van der Waals surface area (Å²) in [5, 5.41) is 2.90. The summed E-state index contributed by atoms with van der Waals surface area (Å²) < 4.78 is 10.6. The highest BCUT2D eigenvalue weighted by molar-refractivity contribution is 5.98. The van der Waals surface area contributed by atoms with E-state index in [4.69, 9.17) is 9.47 Å². The van der Waals surface area contributed by atoms with Crippen LogP contribution in [0.4, 0.5) is 0 Å². The first-order valence-corrected chi connectivity index (χ1v) is 7.36. The number of amides is 1. The highest BCUT2D eigenvalue weighted by atomic mass is 16.5. The largest absolute Gasteiger partial charge is 0.465 e. The zero-order valence-corrected chi connectivity index (χ0v) is 13.2. The van der Waals surface area contributed by atoms with Crippen molar-refractivity contribution < 1.29 is 19.1 Å². The molecule has 3 unspecified atom stereocenters. The molecule has 0 aromatic carbocycles. The highest BCUT2D eigenvalue weighted by Crippen LogP contribution is 2.28. The van der Waals surface area contributed by atoms with E-state index in [9.17, 15) is 9.59 Å². The van der Waals surface area contributed by atoms with Gasteiger partial charge in [0.05, 0.1) is 18.8 Å². The normalized spacial score (nSPS) is 22.1. The molecule has 1 rings (SSSR count). The monoisotopic (exact) mass is 285 g/mol. The molecule has 5 heteroatoms. The standard InChI is InChI=1S/C15H27NO4/c1-6-19-14(18)12(15(3,4)5)13(17)16-10(2)11-8-7-9-20-11/h10-12H,6-9H2,1-5H3,(H,16,17). The Morgan fingerprint density at radius 2 is 2.05 bits per heavy atom. The van der Waals surface area contributed by atoms with E-state index in [2.05, 4.69) is 5.32 Å². The number of carbonyl (C=O) groups is 2. The van der Waals surface area contributed by atoms with Gasteiger partial charge in [-0.2, -0.15) is 0 Å². The number of esters is 1. The van der Waals surface area contributed by atoms with Gasteiger partial charge in [-0.3, -0.25) is 9.59 Å². The molecular formula is C15H27NO4. The van der Waals surface area contributed by atoms with Gasteiger partial charge < -0.3 is 14.8 Å². The van der Waals surface area contributed by atoms with Crippen molar-refractivity contribution in [3.8, 4) is 0 Å². The molecule has 0 bridgehead atoms. The average molecular weight is 285 g/mol. The van der Waals surface area contributed by atoms with Crippen molar-refractivity contribution in [3.63, 3.8) is 0 Å². The molecule has 1 amide bonds. The number of hydrogen-bond donors (Lipinski definition) is 1. The van der Waals surface area contributed by atoms with Crippen LogP contribution in [-0.2, 0) is 19.1 Å². The summed E-state index contributed by atoms with van der Waals surface area (Å²) in [4.78, 5) is 24.4. The van der Waals surface area contributed by atoms with Crippen molar-refractivity contribution in [3.05, 3.63) is 0 Å². The van der Waals surface area contributed by atoms with Gasteiger partial charge >= 0.3 is 5.97 Å². The predicted molar refractivity (Wildman–Crippen MR) is 76.2 cm³/mol. The fourth-order valence-electron chi connectivity index (χ4n) is 2.48. The van der Waals surface area contributed by atoms with Gasteiger partial charge in [0.1, 0.15) is 5.92 Å². The Morgan fingerprint density at radius 1 is 1.40 bits per heavy atom. The third-order valence-corrected chi connectivity index (χ3v) is 3.54. The van der Waals surface area contributed by atoms with Crippen molar-refractivity contribution in [1.82, 2.24) is 5.32 Å². The van der Waals surface area contributed by atoms with Crippen molar-refractivity contribution in [2.24, 2.45) is 11.3 Å². The smallest absolute Gasteiger partial charge is 0.319 e. The average Bonchev–Trinajstić information content (AvgIpc) is 2.80. The molecule has 1 aliphatic rings. The van der Waals surface area contributed by atoms with E-state index in [1.54, 1.807) is 6.92 Å². The minimum absolute atomic E-state index is 0.0433.